The summed E-state index contributed by atoms with van der Waals surface area (Å²) >= 11 is 0. The summed E-state index contributed by atoms with van der Waals surface area (Å²) in [5, 5.41) is 0. The van der Waals surface area contributed by atoms with Crippen LogP contribution < -0.4 is 0 Å². The Labute approximate surface area is 75.8 Å². The molecular formula is H3Br3Hf. The van der Waals surface area contributed by atoms with E-state index in [1.165, 1.54) is 0 Å². The zero-order chi connectivity index (χ0) is 0. The fourth-order valence-electron chi connectivity index (χ4n) is 0. The molecule has 0 heterocycles. The second-order valence-electron chi connectivity index (χ2n) is 0. The van der Waals surface area contributed by atoms with Gasteiger partial charge in [0.25, 0.3) is 0 Å². The Bertz CT molecular complexity index is 3.25. The van der Waals surface area contributed by atoms with Crippen molar-refractivity contribution in [1.82, 2.24) is 0 Å². The van der Waals surface area contributed by atoms with Gasteiger partial charge in [-0.3, -0.25) is 0 Å². The third kappa shape index (κ3) is 8.85. The molecule has 0 aliphatic rings. The Hall–Kier alpha value is 2.31. The molecule has 0 saturated carbocycles. The first-order valence-electron chi connectivity index (χ1n) is 0. The third-order valence-electron chi connectivity index (χ3n) is 0. The normalized spacial score (nSPS) is 0. The maximum atomic E-state index is 0. The van der Waals surface area contributed by atoms with Crippen LogP contribution in [-0.2, 0) is 25.8 Å². The second-order valence-corrected chi connectivity index (χ2v) is 0. The first kappa shape index (κ1) is 33.3. The molecule has 0 aliphatic carbocycles. The SMILES string of the molecule is Br.Br.Br.[Hf]. The predicted molar refractivity (Wildman–Crippen MR) is 31.0 cm³/mol. The monoisotopic (exact) mass is 420 g/mol. The summed E-state index contributed by atoms with van der Waals surface area (Å²) in [6.45, 7) is 0. The number of rotatable bonds is 0. The minimum Gasteiger partial charge on any atom is -0.114 e. The molecule has 0 spiro atoms. The molecule has 28 valence electrons. The van der Waals surface area contributed by atoms with Gasteiger partial charge >= 0.3 is 0 Å². The van der Waals surface area contributed by atoms with Crippen LogP contribution in [0.15, 0.2) is 0 Å². The van der Waals surface area contributed by atoms with Gasteiger partial charge in [0.1, 0.15) is 0 Å². The molecule has 0 radical (unpaired) electrons. The van der Waals surface area contributed by atoms with E-state index in [2.05, 4.69) is 0 Å². The van der Waals surface area contributed by atoms with Crippen LogP contribution in [0.4, 0.5) is 0 Å². The zero-order valence-electron chi connectivity index (χ0n) is 1.72. The molecule has 0 nitrogen and oxygen atoms in total. The molecule has 0 bridgehead atoms. The molecule has 4 heteroatoms. The number of hydrogen-bond donors (Lipinski definition) is 0. The zero-order valence-corrected chi connectivity index (χ0v) is 10.5. The molecular weight excluding hydrogens is 418 g/mol. The summed E-state index contributed by atoms with van der Waals surface area (Å²) in [5.41, 5.74) is 0. The average molecular weight is 421 g/mol. The minimum absolute atomic E-state index is 0. The first-order valence-corrected chi connectivity index (χ1v) is 0. The van der Waals surface area contributed by atoms with Crippen molar-refractivity contribution in [3.8, 4) is 0 Å². The molecule has 0 atom stereocenters. The van der Waals surface area contributed by atoms with Crippen molar-refractivity contribution in [1.29, 1.82) is 0 Å². The van der Waals surface area contributed by atoms with Gasteiger partial charge in [-0.05, 0) is 0 Å². The van der Waals surface area contributed by atoms with E-state index < -0.39 is 0 Å². The molecule has 0 N–H and O–H groups in total. The first-order chi connectivity index (χ1) is 0. The van der Waals surface area contributed by atoms with Crippen LogP contribution in [0.3, 0.4) is 0 Å². The predicted octanol–water partition coefficient (Wildman–Crippen LogP) is 1.73. The maximum absolute atomic E-state index is 0. The second kappa shape index (κ2) is 18.5. The standard InChI is InChI=1S/3BrH.Hf/h3*1H;. The summed E-state index contributed by atoms with van der Waals surface area (Å²) in [4.78, 5) is 0. The van der Waals surface area contributed by atoms with E-state index in [1.807, 2.05) is 0 Å². The smallest absolute Gasteiger partial charge is 0 e. The van der Waals surface area contributed by atoms with Gasteiger partial charge < -0.3 is 0 Å². The van der Waals surface area contributed by atoms with Crippen LogP contribution >= 0.6 is 50.9 Å². The largest absolute Gasteiger partial charge is 0.114 e. The van der Waals surface area contributed by atoms with E-state index in [9.17, 15) is 0 Å². The van der Waals surface area contributed by atoms with Gasteiger partial charge in [0.15, 0.2) is 0 Å². The number of hydrogen-bond acceptors (Lipinski definition) is 0. The molecule has 0 aliphatic heterocycles. The fourth-order valence-corrected chi connectivity index (χ4v) is 0. The molecule has 0 aromatic carbocycles. The van der Waals surface area contributed by atoms with Crippen molar-refractivity contribution in [3.05, 3.63) is 0 Å². The van der Waals surface area contributed by atoms with Crippen LogP contribution in [0.2, 0.25) is 0 Å². The summed E-state index contributed by atoms with van der Waals surface area (Å²) in [6.07, 6.45) is 0. The van der Waals surface area contributed by atoms with E-state index >= 15 is 0 Å². The minimum atomic E-state index is 0. The molecule has 0 saturated heterocycles. The van der Waals surface area contributed by atoms with Gasteiger partial charge in [0, 0.05) is 25.8 Å². The molecule has 0 rings (SSSR count). The Morgan fingerprint density at radius 1 is 0.500 bits per heavy atom. The molecule has 0 fully saturated rings. The van der Waals surface area contributed by atoms with Crippen molar-refractivity contribution in [3.63, 3.8) is 0 Å². The van der Waals surface area contributed by atoms with Gasteiger partial charge in [0.05, 0.1) is 0 Å². The van der Waals surface area contributed by atoms with E-state index in [1.54, 1.807) is 0 Å². The van der Waals surface area contributed by atoms with E-state index in [4.69, 9.17) is 0 Å². The van der Waals surface area contributed by atoms with Gasteiger partial charge in [-0.15, -0.1) is 50.9 Å². The maximum Gasteiger partial charge on any atom is 0 e. The Kier molecular flexibility index (Phi) is 154. The van der Waals surface area contributed by atoms with Gasteiger partial charge in [0.2, 0.25) is 0 Å². The summed E-state index contributed by atoms with van der Waals surface area (Å²) in [6, 6.07) is 0. The van der Waals surface area contributed by atoms with Crippen molar-refractivity contribution in [2.45, 2.75) is 0 Å². The van der Waals surface area contributed by atoms with Crippen LogP contribution in [-0.4, -0.2) is 0 Å². The molecule has 0 unspecified atom stereocenters. The van der Waals surface area contributed by atoms with Gasteiger partial charge in [-0.25, -0.2) is 0 Å². The van der Waals surface area contributed by atoms with Gasteiger partial charge in [-0.2, -0.15) is 0 Å². The van der Waals surface area contributed by atoms with Crippen LogP contribution in [0.5, 0.6) is 0 Å². The van der Waals surface area contributed by atoms with Crippen LogP contribution in [0.25, 0.3) is 0 Å². The van der Waals surface area contributed by atoms with E-state index in [0.29, 0.717) is 0 Å². The molecule has 0 aromatic rings. The summed E-state index contributed by atoms with van der Waals surface area (Å²) < 4.78 is 0. The van der Waals surface area contributed by atoms with E-state index in [-0.39, 0.29) is 76.8 Å². The topological polar surface area (TPSA) is 0 Å². The molecule has 0 amide bonds. The Morgan fingerprint density at radius 3 is 0.500 bits per heavy atom. The van der Waals surface area contributed by atoms with Crippen molar-refractivity contribution in [2.24, 2.45) is 0 Å². The quantitative estimate of drug-likeness (QED) is 0.523. The van der Waals surface area contributed by atoms with E-state index in [0.717, 1.165) is 0 Å². The van der Waals surface area contributed by atoms with Crippen molar-refractivity contribution < 1.29 is 25.8 Å². The van der Waals surface area contributed by atoms with Crippen LogP contribution in [0, 0.1) is 0 Å². The Balaban J connectivity index is 0. The molecule has 0 aromatic heterocycles. The van der Waals surface area contributed by atoms with Gasteiger partial charge in [-0.1, -0.05) is 0 Å². The fraction of sp³-hybridized carbons (Fsp3) is 0. The third-order valence-corrected chi connectivity index (χ3v) is 0. The van der Waals surface area contributed by atoms with Crippen molar-refractivity contribution in [2.75, 3.05) is 0 Å². The number of halogens is 3. The summed E-state index contributed by atoms with van der Waals surface area (Å²) in [7, 11) is 0. The van der Waals surface area contributed by atoms with Crippen LogP contribution in [0.1, 0.15) is 0 Å². The molecule has 4 heavy (non-hydrogen) atoms. The average Bonchev–Trinajstić information content (AvgIpc) is 0. The Morgan fingerprint density at radius 2 is 0.500 bits per heavy atom. The van der Waals surface area contributed by atoms with Crippen molar-refractivity contribution >= 4 is 50.9 Å². The summed E-state index contributed by atoms with van der Waals surface area (Å²) in [5.74, 6) is 0.